The van der Waals surface area contributed by atoms with Gasteiger partial charge in [-0.15, -0.1) is 0 Å². The van der Waals surface area contributed by atoms with Crippen molar-refractivity contribution in [1.29, 1.82) is 0 Å². The molecule has 0 aliphatic rings. The van der Waals surface area contributed by atoms with Crippen LogP contribution in [0.15, 0.2) is 16.5 Å². The van der Waals surface area contributed by atoms with Crippen LogP contribution in [0.1, 0.15) is 52.7 Å². The molecule has 1 aromatic carbocycles. The van der Waals surface area contributed by atoms with Crippen LogP contribution in [0.25, 0.3) is 0 Å². The third kappa shape index (κ3) is 6.88. The summed E-state index contributed by atoms with van der Waals surface area (Å²) < 4.78 is 32.1. The zero-order chi connectivity index (χ0) is 19.9. The van der Waals surface area contributed by atoms with Crippen LogP contribution in [-0.2, 0) is 27.3 Å². The van der Waals surface area contributed by atoms with Gasteiger partial charge in [0.25, 0.3) is 0 Å². The van der Waals surface area contributed by atoms with Crippen LogP contribution in [0.3, 0.4) is 0 Å². The Bertz CT molecular complexity index is 638. The molecule has 0 aromatic heterocycles. The highest BCUT2D eigenvalue weighted by molar-refractivity contribution is 7.91. The van der Waals surface area contributed by atoms with E-state index in [1.54, 1.807) is 26.2 Å². The Morgan fingerprint density at radius 3 is 2.46 bits per heavy atom. The molecule has 0 fully saturated rings. The van der Waals surface area contributed by atoms with E-state index in [9.17, 15) is 9.35 Å². The smallest absolute Gasteiger partial charge is 0.310 e. The van der Waals surface area contributed by atoms with Crippen molar-refractivity contribution in [2.24, 2.45) is 4.40 Å². The first-order valence-corrected chi connectivity index (χ1v) is 9.68. The second-order valence-corrected chi connectivity index (χ2v) is 8.88. The standard InChI is InChI=1S/C19H29NO5S/c1-8-24-18(21)11-14-9-16(23-7)17(25-13(2)3)10-15(14)12-20-26(22)19(4,5)6/h9-10,12-13H,8,11H2,1-7H3/b20-12+/t26-/m0/s1. The topological polar surface area (TPSA) is 80.2 Å². The van der Waals surface area contributed by atoms with Gasteiger partial charge in [0.2, 0.25) is 0 Å². The van der Waals surface area contributed by atoms with Crippen molar-refractivity contribution in [2.45, 2.75) is 58.8 Å². The molecule has 7 heteroatoms. The molecule has 0 aliphatic heterocycles. The molecule has 6 nitrogen and oxygen atoms in total. The van der Waals surface area contributed by atoms with Gasteiger partial charge in [-0.1, -0.05) is 4.40 Å². The first-order valence-electron chi connectivity index (χ1n) is 8.57. The number of carbonyl (C=O) groups excluding carboxylic acids is 1. The molecular weight excluding hydrogens is 354 g/mol. The summed E-state index contributed by atoms with van der Waals surface area (Å²) in [7, 11) is 1.54. The van der Waals surface area contributed by atoms with E-state index in [1.165, 1.54) is 6.21 Å². The summed E-state index contributed by atoms with van der Waals surface area (Å²) >= 11 is -1.41. The van der Waals surface area contributed by atoms with Gasteiger partial charge < -0.3 is 18.8 Å². The predicted molar refractivity (Wildman–Crippen MR) is 105 cm³/mol. The van der Waals surface area contributed by atoms with Crippen molar-refractivity contribution < 1.29 is 23.6 Å². The van der Waals surface area contributed by atoms with Gasteiger partial charge in [-0.2, -0.15) is 0 Å². The van der Waals surface area contributed by atoms with E-state index in [1.807, 2.05) is 34.6 Å². The van der Waals surface area contributed by atoms with Gasteiger partial charge >= 0.3 is 5.97 Å². The Kier molecular flexibility index (Phi) is 8.43. The normalized spacial score (nSPS) is 13.1. The number of benzene rings is 1. The number of hydrogen-bond acceptors (Lipinski definition) is 6. The first-order chi connectivity index (χ1) is 12.1. The highest BCUT2D eigenvalue weighted by atomic mass is 32.2. The number of rotatable bonds is 8. The lowest BCUT2D eigenvalue weighted by atomic mass is 10.0. The van der Waals surface area contributed by atoms with Crippen molar-refractivity contribution >= 4 is 23.5 Å². The van der Waals surface area contributed by atoms with Crippen LogP contribution in [0.2, 0.25) is 0 Å². The summed E-state index contributed by atoms with van der Waals surface area (Å²) in [5.74, 6) is 0.712. The van der Waals surface area contributed by atoms with Crippen molar-refractivity contribution in [2.75, 3.05) is 13.7 Å². The van der Waals surface area contributed by atoms with Crippen molar-refractivity contribution in [3.63, 3.8) is 0 Å². The molecule has 1 rings (SSSR count). The van der Waals surface area contributed by atoms with Gasteiger partial charge in [-0.3, -0.25) is 4.79 Å². The molecule has 0 unspecified atom stereocenters. The Morgan fingerprint density at radius 2 is 1.96 bits per heavy atom. The molecule has 0 N–H and O–H groups in total. The maximum Gasteiger partial charge on any atom is 0.310 e. The van der Waals surface area contributed by atoms with Gasteiger partial charge in [0.1, 0.15) is 16.1 Å². The Labute approximate surface area is 159 Å². The lowest BCUT2D eigenvalue weighted by Gasteiger charge is -2.19. The molecule has 0 spiro atoms. The average Bonchev–Trinajstić information content (AvgIpc) is 2.52. The van der Waals surface area contributed by atoms with Gasteiger partial charge in [-0.05, 0) is 59.2 Å². The SMILES string of the molecule is CCOC(=O)Cc1cc(OC)c(OC(C)C)cc1/C=N/[S@@+]([O-])C(C)(C)C. The molecule has 1 aromatic rings. The number of ether oxygens (including phenoxy) is 3. The number of esters is 1. The molecule has 0 heterocycles. The lowest BCUT2D eigenvalue weighted by molar-refractivity contribution is -0.142. The van der Waals surface area contributed by atoms with Crippen LogP contribution in [0, 0.1) is 0 Å². The fourth-order valence-corrected chi connectivity index (χ4v) is 2.55. The zero-order valence-electron chi connectivity index (χ0n) is 16.6. The van der Waals surface area contributed by atoms with Crippen LogP contribution in [0.4, 0.5) is 0 Å². The summed E-state index contributed by atoms with van der Waals surface area (Å²) in [5.41, 5.74) is 1.32. The van der Waals surface area contributed by atoms with Gasteiger partial charge in [-0.25, -0.2) is 0 Å². The van der Waals surface area contributed by atoms with Crippen molar-refractivity contribution in [1.82, 2.24) is 0 Å². The van der Waals surface area contributed by atoms with E-state index >= 15 is 0 Å². The molecule has 146 valence electrons. The molecule has 0 amide bonds. The van der Waals surface area contributed by atoms with Crippen LogP contribution in [-0.4, -0.2) is 41.3 Å². The first kappa shape index (κ1) is 22.3. The second-order valence-electron chi connectivity index (χ2n) is 6.95. The molecule has 26 heavy (non-hydrogen) atoms. The monoisotopic (exact) mass is 383 g/mol. The molecule has 0 saturated heterocycles. The summed E-state index contributed by atoms with van der Waals surface area (Å²) in [5, 5.41) is 0. The molecule has 1 atom stereocenters. The minimum Gasteiger partial charge on any atom is -0.591 e. The fourth-order valence-electron chi connectivity index (χ4n) is 2.03. The van der Waals surface area contributed by atoms with Crippen molar-refractivity contribution in [3.8, 4) is 11.5 Å². The number of methoxy groups -OCH3 is 1. The molecule has 0 radical (unpaired) electrons. The average molecular weight is 384 g/mol. The summed E-state index contributed by atoms with van der Waals surface area (Å²) in [6.45, 7) is 11.4. The minimum absolute atomic E-state index is 0.0479. The summed E-state index contributed by atoms with van der Waals surface area (Å²) in [4.78, 5) is 11.9. The minimum atomic E-state index is -1.41. The van der Waals surface area contributed by atoms with Gasteiger partial charge in [0, 0.05) is 5.56 Å². The van der Waals surface area contributed by atoms with E-state index in [4.69, 9.17) is 14.2 Å². The van der Waals surface area contributed by atoms with Crippen LogP contribution in [0.5, 0.6) is 11.5 Å². The third-order valence-corrected chi connectivity index (χ3v) is 4.58. The van der Waals surface area contributed by atoms with Crippen LogP contribution < -0.4 is 9.47 Å². The predicted octanol–water partition coefficient (Wildman–Crippen LogP) is 3.47. The van der Waals surface area contributed by atoms with E-state index in [0.29, 0.717) is 29.2 Å². The molecule has 0 aliphatic carbocycles. The molecule has 0 bridgehead atoms. The van der Waals surface area contributed by atoms with E-state index in [0.717, 1.165) is 0 Å². The quantitative estimate of drug-likeness (QED) is 0.390. The highest BCUT2D eigenvalue weighted by Gasteiger charge is 2.26. The maximum atomic E-state index is 12.2. The van der Waals surface area contributed by atoms with E-state index < -0.39 is 16.1 Å². The summed E-state index contributed by atoms with van der Waals surface area (Å²) in [6.07, 6.45) is 1.53. The second kappa shape index (κ2) is 9.83. The molecular formula is C19H29NO5S. The summed E-state index contributed by atoms with van der Waals surface area (Å²) in [6, 6.07) is 3.48. The Balaban J connectivity index is 3.31. The lowest BCUT2D eigenvalue weighted by Crippen LogP contribution is -2.26. The van der Waals surface area contributed by atoms with Gasteiger partial charge in [0.15, 0.2) is 11.5 Å². The zero-order valence-corrected chi connectivity index (χ0v) is 17.4. The fraction of sp³-hybridized carbons (Fsp3) is 0.579. The maximum absolute atomic E-state index is 12.2. The highest BCUT2D eigenvalue weighted by Crippen LogP contribution is 2.32. The van der Waals surface area contributed by atoms with Gasteiger partial charge in [0.05, 0.1) is 32.5 Å². The van der Waals surface area contributed by atoms with Crippen molar-refractivity contribution in [3.05, 3.63) is 23.3 Å². The Morgan fingerprint density at radius 1 is 1.31 bits per heavy atom. The number of nitrogens with zero attached hydrogens (tertiary/aromatic N) is 1. The van der Waals surface area contributed by atoms with E-state index in [2.05, 4.69) is 4.40 Å². The molecule has 0 saturated carbocycles. The number of hydrogen-bond donors (Lipinski definition) is 0. The Hall–Kier alpha value is -1.73. The van der Waals surface area contributed by atoms with Crippen LogP contribution >= 0.6 is 0 Å². The van der Waals surface area contributed by atoms with E-state index in [-0.39, 0.29) is 18.5 Å². The number of carbonyl (C=O) groups is 1. The third-order valence-electron chi connectivity index (χ3n) is 3.24. The largest absolute Gasteiger partial charge is 0.591 e.